The molecule has 2 fully saturated rings. The summed E-state index contributed by atoms with van der Waals surface area (Å²) >= 11 is 1.89. The number of phenolic OH excluding ortho intramolecular Hbond substituents is 1. The first-order chi connectivity index (χ1) is 8.26. The summed E-state index contributed by atoms with van der Waals surface area (Å²) in [6.45, 7) is 0.899. The molecule has 17 heavy (non-hydrogen) atoms. The molecule has 2 aliphatic rings. The second-order valence-electron chi connectivity index (χ2n) is 5.12. The lowest BCUT2D eigenvalue weighted by molar-refractivity contribution is -0.125. The van der Waals surface area contributed by atoms with E-state index >= 15 is 0 Å². The zero-order chi connectivity index (χ0) is 11.7. The van der Waals surface area contributed by atoms with Crippen LogP contribution in [0.4, 0.5) is 0 Å². The fourth-order valence-electron chi connectivity index (χ4n) is 2.75. The molecular weight excluding hydrogens is 232 g/mol. The SMILES string of the molecule is Oc1cccc(SC2CCOC3(CCC3)C2)c1. The van der Waals surface area contributed by atoms with Crippen molar-refractivity contribution in [3.63, 3.8) is 0 Å². The summed E-state index contributed by atoms with van der Waals surface area (Å²) in [5.74, 6) is 0.361. The van der Waals surface area contributed by atoms with E-state index in [0.29, 0.717) is 11.0 Å². The molecule has 1 atom stereocenters. The van der Waals surface area contributed by atoms with E-state index in [9.17, 15) is 5.11 Å². The molecule has 3 heteroatoms. The number of hydrogen-bond acceptors (Lipinski definition) is 3. The standard InChI is InChI=1S/C14H18O2S/c15-11-3-1-4-12(9-11)17-13-5-8-16-14(10-13)6-2-7-14/h1,3-4,9,13,15H,2,5-8,10H2. The highest BCUT2D eigenvalue weighted by molar-refractivity contribution is 8.00. The molecule has 1 aromatic carbocycles. The van der Waals surface area contributed by atoms with Crippen molar-refractivity contribution in [2.75, 3.05) is 6.61 Å². The predicted molar refractivity (Wildman–Crippen MR) is 69.5 cm³/mol. The van der Waals surface area contributed by atoms with Gasteiger partial charge >= 0.3 is 0 Å². The minimum atomic E-state index is 0.215. The molecule has 1 saturated heterocycles. The van der Waals surface area contributed by atoms with Gasteiger partial charge in [-0.15, -0.1) is 11.8 Å². The van der Waals surface area contributed by atoms with Gasteiger partial charge in [0.1, 0.15) is 5.75 Å². The molecule has 92 valence electrons. The summed E-state index contributed by atoms with van der Waals surface area (Å²) in [5.41, 5.74) is 0.215. The van der Waals surface area contributed by atoms with Gasteiger partial charge < -0.3 is 9.84 Å². The van der Waals surface area contributed by atoms with Gasteiger partial charge in [0, 0.05) is 16.8 Å². The van der Waals surface area contributed by atoms with Crippen LogP contribution in [0.25, 0.3) is 0 Å². The lowest BCUT2D eigenvalue weighted by Gasteiger charge is -2.47. The van der Waals surface area contributed by atoms with Crippen molar-refractivity contribution in [1.82, 2.24) is 0 Å². The van der Waals surface area contributed by atoms with Gasteiger partial charge in [0.15, 0.2) is 0 Å². The maximum absolute atomic E-state index is 9.46. The van der Waals surface area contributed by atoms with Gasteiger partial charge in [0.2, 0.25) is 0 Å². The molecule has 1 unspecified atom stereocenters. The van der Waals surface area contributed by atoms with E-state index in [0.717, 1.165) is 13.0 Å². The van der Waals surface area contributed by atoms with Gasteiger partial charge in [-0.3, -0.25) is 0 Å². The number of rotatable bonds is 2. The number of benzene rings is 1. The molecule has 0 bridgehead atoms. The average Bonchev–Trinajstić information content (AvgIpc) is 2.27. The summed E-state index contributed by atoms with van der Waals surface area (Å²) in [4.78, 5) is 1.17. The maximum atomic E-state index is 9.46. The number of thioether (sulfide) groups is 1. The lowest BCUT2D eigenvalue weighted by Crippen LogP contribution is -2.46. The minimum Gasteiger partial charge on any atom is -0.508 e. The molecule has 1 saturated carbocycles. The number of hydrogen-bond donors (Lipinski definition) is 1. The fraction of sp³-hybridized carbons (Fsp3) is 0.571. The smallest absolute Gasteiger partial charge is 0.116 e. The largest absolute Gasteiger partial charge is 0.508 e. The van der Waals surface area contributed by atoms with Crippen LogP contribution >= 0.6 is 11.8 Å². The number of ether oxygens (including phenoxy) is 1. The first kappa shape index (κ1) is 11.4. The van der Waals surface area contributed by atoms with Crippen molar-refractivity contribution >= 4 is 11.8 Å². The molecule has 1 spiro atoms. The van der Waals surface area contributed by atoms with Crippen LogP contribution in [-0.2, 0) is 4.74 Å². The van der Waals surface area contributed by atoms with E-state index in [2.05, 4.69) is 6.07 Å². The minimum absolute atomic E-state index is 0.215. The molecule has 0 radical (unpaired) electrons. The Hall–Kier alpha value is -0.670. The summed E-state index contributed by atoms with van der Waals surface area (Å²) in [6, 6.07) is 7.57. The molecule has 1 aliphatic heterocycles. The van der Waals surface area contributed by atoms with Crippen molar-refractivity contribution in [2.24, 2.45) is 0 Å². The van der Waals surface area contributed by atoms with Gasteiger partial charge in [-0.2, -0.15) is 0 Å². The summed E-state index contributed by atoms with van der Waals surface area (Å²) in [6.07, 6.45) is 6.10. The number of phenols is 1. The molecule has 2 nitrogen and oxygen atoms in total. The molecule has 1 aromatic rings. The highest BCUT2D eigenvalue weighted by Gasteiger charge is 2.42. The lowest BCUT2D eigenvalue weighted by atomic mass is 9.75. The molecule has 3 rings (SSSR count). The van der Waals surface area contributed by atoms with Crippen molar-refractivity contribution < 1.29 is 9.84 Å². The average molecular weight is 250 g/mol. The topological polar surface area (TPSA) is 29.5 Å². The Morgan fingerprint density at radius 2 is 2.24 bits per heavy atom. The first-order valence-electron chi connectivity index (χ1n) is 6.35. The van der Waals surface area contributed by atoms with E-state index in [1.807, 2.05) is 23.9 Å². The van der Waals surface area contributed by atoms with Crippen molar-refractivity contribution in [2.45, 2.75) is 47.9 Å². The number of aromatic hydroxyl groups is 1. The second kappa shape index (κ2) is 4.54. The molecular formula is C14H18O2S. The summed E-state index contributed by atoms with van der Waals surface area (Å²) < 4.78 is 5.93. The Balaban J connectivity index is 1.65. The molecule has 1 heterocycles. The van der Waals surface area contributed by atoms with Crippen LogP contribution in [0.3, 0.4) is 0 Å². The molecule has 0 aromatic heterocycles. The fourth-order valence-corrected chi connectivity index (χ4v) is 4.08. The first-order valence-corrected chi connectivity index (χ1v) is 7.23. The highest BCUT2D eigenvalue weighted by Crippen LogP contribution is 2.46. The van der Waals surface area contributed by atoms with Crippen LogP contribution in [0.1, 0.15) is 32.1 Å². The van der Waals surface area contributed by atoms with E-state index in [1.54, 1.807) is 6.07 Å². The van der Waals surface area contributed by atoms with Crippen molar-refractivity contribution in [1.29, 1.82) is 0 Å². The quantitative estimate of drug-likeness (QED) is 0.870. The van der Waals surface area contributed by atoms with Crippen molar-refractivity contribution in [3.05, 3.63) is 24.3 Å². The third kappa shape index (κ3) is 2.45. The molecule has 1 N–H and O–H groups in total. The molecule has 1 aliphatic carbocycles. The summed E-state index contributed by atoms with van der Waals surface area (Å²) in [7, 11) is 0. The van der Waals surface area contributed by atoms with Crippen LogP contribution < -0.4 is 0 Å². The molecule has 0 amide bonds. The van der Waals surface area contributed by atoms with Crippen LogP contribution in [0.2, 0.25) is 0 Å². The Bertz CT molecular complexity index is 401. The van der Waals surface area contributed by atoms with Gasteiger partial charge in [-0.25, -0.2) is 0 Å². The zero-order valence-electron chi connectivity index (χ0n) is 9.89. The van der Waals surface area contributed by atoms with Crippen LogP contribution in [-0.4, -0.2) is 22.6 Å². The van der Waals surface area contributed by atoms with Crippen LogP contribution in [0, 0.1) is 0 Å². The van der Waals surface area contributed by atoms with E-state index in [1.165, 1.54) is 30.6 Å². The maximum Gasteiger partial charge on any atom is 0.116 e. The van der Waals surface area contributed by atoms with Crippen LogP contribution in [0.5, 0.6) is 5.75 Å². The van der Waals surface area contributed by atoms with Gasteiger partial charge in [0.05, 0.1) is 5.60 Å². The van der Waals surface area contributed by atoms with E-state index in [4.69, 9.17) is 4.74 Å². The van der Waals surface area contributed by atoms with E-state index < -0.39 is 0 Å². The Morgan fingerprint density at radius 3 is 2.94 bits per heavy atom. The van der Waals surface area contributed by atoms with Gasteiger partial charge in [0.25, 0.3) is 0 Å². The van der Waals surface area contributed by atoms with Crippen molar-refractivity contribution in [3.8, 4) is 5.75 Å². The normalized spacial score (nSPS) is 26.7. The van der Waals surface area contributed by atoms with Gasteiger partial charge in [-0.05, 0) is 50.3 Å². The monoisotopic (exact) mass is 250 g/mol. The Morgan fingerprint density at radius 1 is 1.35 bits per heavy atom. The van der Waals surface area contributed by atoms with E-state index in [-0.39, 0.29) is 5.60 Å². The van der Waals surface area contributed by atoms with Crippen LogP contribution in [0.15, 0.2) is 29.2 Å². The zero-order valence-corrected chi connectivity index (χ0v) is 10.7. The second-order valence-corrected chi connectivity index (χ2v) is 6.49. The Kier molecular flexibility index (Phi) is 3.05. The Labute approximate surface area is 106 Å². The third-order valence-corrected chi connectivity index (χ3v) is 5.09. The van der Waals surface area contributed by atoms with Gasteiger partial charge in [-0.1, -0.05) is 6.07 Å². The highest BCUT2D eigenvalue weighted by atomic mass is 32.2. The predicted octanol–water partition coefficient (Wildman–Crippen LogP) is 3.59. The third-order valence-electron chi connectivity index (χ3n) is 3.83. The summed E-state index contributed by atoms with van der Waals surface area (Å²) in [5, 5.41) is 10.1.